The van der Waals surface area contributed by atoms with E-state index in [-0.39, 0.29) is 23.0 Å². The molecule has 7 heteroatoms. The van der Waals surface area contributed by atoms with Gasteiger partial charge in [-0.2, -0.15) is 0 Å². The Morgan fingerprint density at radius 2 is 2.11 bits per heavy atom. The Balaban J connectivity index is 2.44. The van der Waals surface area contributed by atoms with Gasteiger partial charge in [0.25, 0.3) is 10.0 Å². The second-order valence-corrected chi connectivity index (χ2v) is 5.95. The molecule has 0 radical (unpaired) electrons. The number of primary sulfonamides is 1. The van der Waals surface area contributed by atoms with E-state index in [0.717, 1.165) is 12.8 Å². The maximum atomic E-state index is 11.5. The number of sulfonamides is 1. The molecule has 0 amide bonds. The number of rotatable bonds is 5. The molecule has 100 valence electrons. The fourth-order valence-corrected chi connectivity index (χ4v) is 2.03. The molecule has 0 aliphatic heterocycles. The Kier molecular flexibility index (Phi) is 3.45. The molecule has 1 saturated carbocycles. The predicted molar refractivity (Wildman–Crippen MR) is 65.0 cm³/mol. The van der Waals surface area contributed by atoms with Crippen molar-refractivity contribution in [3.8, 4) is 11.5 Å². The van der Waals surface area contributed by atoms with Gasteiger partial charge in [-0.05, 0) is 26.7 Å². The molecule has 1 aliphatic carbocycles. The van der Waals surface area contributed by atoms with Gasteiger partial charge in [0, 0.05) is 12.3 Å². The molecular weight excluding hydrogens is 256 g/mol. The van der Waals surface area contributed by atoms with Gasteiger partial charge in [-0.3, -0.25) is 0 Å². The van der Waals surface area contributed by atoms with E-state index < -0.39 is 10.0 Å². The number of hydrogen-bond donors (Lipinski definition) is 1. The molecule has 18 heavy (non-hydrogen) atoms. The zero-order valence-corrected chi connectivity index (χ0v) is 11.1. The highest BCUT2D eigenvalue weighted by atomic mass is 32.2. The van der Waals surface area contributed by atoms with E-state index in [1.54, 1.807) is 19.9 Å². The van der Waals surface area contributed by atoms with Gasteiger partial charge in [0.15, 0.2) is 5.75 Å². The molecule has 1 heterocycles. The van der Waals surface area contributed by atoms with E-state index in [2.05, 4.69) is 4.98 Å². The maximum Gasteiger partial charge on any atom is 0.259 e. The van der Waals surface area contributed by atoms with Crippen molar-refractivity contribution in [2.24, 2.45) is 5.14 Å². The minimum absolute atomic E-state index is 0.0990. The number of hydrogen-bond acceptors (Lipinski definition) is 5. The van der Waals surface area contributed by atoms with Crippen LogP contribution in [0.15, 0.2) is 17.3 Å². The Morgan fingerprint density at radius 3 is 2.61 bits per heavy atom. The lowest BCUT2D eigenvalue weighted by atomic mass is 10.4. The normalized spacial score (nSPS) is 15.8. The third-order valence-corrected chi connectivity index (χ3v) is 3.11. The molecular formula is C11H16N2O4S. The molecule has 0 atom stereocenters. The Morgan fingerprint density at radius 1 is 1.44 bits per heavy atom. The Hall–Kier alpha value is -1.34. The van der Waals surface area contributed by atoms with Crippen LogP contribution in [-0.2, 0) is 10.0 Å². The first-order valence-corrected chi connectivity index (χ1v) is 7.27. The van der Waals surface area contributed by atoms with E-state index >= 15 is 0 Å². The van der Waals surface area contributed by atoms with Crippen molar-refractivity contribution < 1.29 is 17.9 Å². The van der Waals surface area contributed by atoms with Crippen LogP contribution in [0, 0.1) is 0 Å². The predicted octanol–water partition coefficient (Wildman–Crippen LogP) is 1.06. The molecule has 2 rings (SSSR count). The van der Waals surface area contributed by atoms with E-state index in [4.69, 9.17) is 14.6 Å². The van der Waals surface area contributed by atoms with Crippen molar-refractivity contribution >= 4 is 10.0 Å². The lowest BCUT2D eigenvalue weighted by Gasteiger charge is -2.16. The smallest absolute Gasteiger partial charge is 0.259 e. The third-order valence-electron chi connectivity index (χ3n) is 2.28. The fraction of sp³-hybridized carbons (Fsp3) is 0.545. The first-order chi connectivity index (χ1) is 8.38. The molecule has 0 saturated heterocycles. The van der Waals surface area contributed by atoms with E-state index in [9.17, 15) is 8.42 Å². The average Bonchev–Trinajstić information content (AvgIpc) is 3.02. The lowest BCUT2D eigenvalue weighted by molar-refractivity contribution is 0.209. The summed E-state index contributed by atoms with van der Waals surface area (Å²) in [6.07, 6.45) is 3.22. The van der Waals surface area contributed by atoms with Gasteiger partial charge in [-0.1, -0.05) is 0 Å². The average molecular weight is 272 g/mol. The van der Waals surface area contributed by atoms with Crippen molar-refractivity contribution in [2.75, 3.05) is 0 Å². The van der Waals surface area contributed by atoms with E-state index in [1.165, 1.54) is 6.20 Å². The highest BCUT2D eigenvalue weighted by Gasteiger charge is 2.28. The van der Waals surface area contributed by atoms with Crippen LogP contribution in [-0.4, -0.2) is 25.6 Å². The lowest BCUT2D eigenvalue weighted by Crippen LogP contribution is -2.18. The summed E-state index contributed by atoms with van der Waals surface area (Å²) in [5, 5.41) is 4.84. The number of nitrogens with two attached hydrogens (primary N) is 1. The van der Waals surface area contributed by atoms with Crippen molar-refractivity contribution in [3.05, 3.63) is 12.3 Å². The highest BCUT2D eigenvalue weighted by Crippen LogP contribution is 2.37. The van der Waals surface area contributed by atoms with Crippen LogP contribution >= 0.6 is 0 Å². The van der Waals surface area contributed by atoms with Crippen LogP contribution in [0.4, 0.5) is 0 Å². The molecule has 0 spiro atoms. The van der Waals surface area contributed by atoms with Crippen LogP contribution in [0.5, 0.6) is 11.5 Å². The van der Waals surface area contributed by atoms with Crippen LogP contribution < -0.4 is 14.6 Å². The standard InChI is InChI=1S/C11H16N2O4S/c1-7(2)16-10-9(17-8-3-4-8)5-6-13-11(10)18(12,14)15/h5-8H,3-4H2,1-2H3,(H2,12,14,15). The van der Waals surface area contributed by atoms with Crippen molar-refractivity contribution in [1.29, 1.82) is 0 Å². The summed E-state index contributed by atoms with van der Waals surface area (Å²) in [5.74, 6) is 0.479. The van der Waals surface area contributed by atoms with Gasteiger partial charge < -0.3 is 9.47 Å². The molecule has 1 aliphatic rings. The van der Waals surface area contributed by atoms with Crippen LogP contribution in [0.1, 0.15) is 26.7 Å². The summed E-state index contributed by atoms with van der Waals surface area (Å²) in [4.78, 5) is 3.77. The van der Waals surface area contributed by atoms with Crippen molar-refractivity contribution in [2.45, 2.75) is 43.9 Å². The zero-order valence-electron chi connectivity index (χ0n) is 10.3. The molecule has 1 fully saturated rings. The Labute approximate surface area is 106 Å². The topological polar surface area (TPSA) is 91.5 Å². The molecule has 0 bridgehead atoms. The first kappa shape index (κ1) is 13.1. The second kappa shape index (κ2) is 4.74. The maximum absolute atomic E-state index is 11.5. The van der Waals surface area contributed by atoms with Crippen LogP contribution in [0.3, 0.4) is 0 Å². The second-order valence-electron chi connectivity index (χ2n) is 4.47. The molecule has 1 aromatic rings. The van der Waals surface area contributed by atoms with Gasteiger partial charge >= 0.3 is 0 Å². The molecule has 2 N–H and O–H groups in total. The summed E-state index contributed by atoms with van der Waals surface area (Å²) in [7, 11) is -3.93. The van der Waals surface area contributed by atoms with Crippen LogP contribution in [0.25, 0.3) is 0 Å². The van der Waals surface area contributed by atoms with Gasteiger partial charge in [-0.15, -0.1) is 0 Å². The van der Waals surface area contributed by atoms with Gasteiger partial charge in [0.2, 0.25) is 10.8 Å². The summed E-state index contributed by atoms with van der Waals surface area (Å²) < 4.78 is 34.0. The molecule has 6 nitrogen and oxygen atoms in total. The number of aromatic nitrogens is 1. The Bertz CT molecular complexity index is 538. The van der Waals surface area contributed by atoms with Gasteiger partial charge in [-0.25, -0.2) is 18.5 Å². The number of ether oxygens (including phenoxy) is 2. The minimum Gasteiger partial charge on any atom is -0.486 e. The zero-order chi connectivity index (χ0) is 13.3. The van der Waals surface area contributed by atoms with Crippen molar-refractivity contribution in [3.63, 3.8) is 0 Å². The number of pyridine rings is 1. The first-order valence-electron chi connectivity index (χ1n) is 5.73. The fourth-order valence-electron chi connectivity index (χ4n) is 1.42. The van der Waals surface area contributed by atoms with E-state index in [1.807, 2.05) is 0 Å². The largest absolute Gasteiger partial charge is 0.486 e. The molecule has 1 aromatic heterocycles. The summed E-state index contributed by atoms with van der Waals surface area (Å²) >= 11 is 0. The SMILES string of the molecule is CC(C)Oc1c(OC2CC2)ccnc1S(N)(=O)=O. The highest BCUT2D eigenvalue weighted by molar-refractivity contribution is 7.89. The van der Waals surface area contributed by atoms with Gasteiger partial charge in [0.05, 0.1) is 12.2 Å². The number of nitrogens with zero attached hydrogens (tertiary/aromatic N) is 1. The monoisotopic (exact) mass is 272 g/mol. The van der Waals surface area contributed by atoms with E-state index in [0.29, 0.717) is 5.75 Å². The summed E-state index contributed by atoms with van der Waals surface area (Å²) in [6, 6.07) is 1.59. The quantitative estimate of drug-likeness (QED) is 0.865. The molecule has 0 unspecified atom stereocenters. The third kappa shape index (κ3) is 3.11. The summed E-state index contributed by atoms with van der Waals surface area (Å²) in [6.45, 7) is 3.58. The van der Waals surface area contributed by atoms with Gasteiger partial charge in [0.1, 0.15) is 0 Å². The van der Waals surface area contributed by atoms with Crippen LogP contribution in [0.2, 0.25) is 0 Å². The summed E-state index contributed by atoms with van der Waals surface area (Å²) in [5.41, 5.74) is 0. The molecule has 0 aromatic carbocycles. The minimum atomic E-state index is -3.93. The van der Waals surface area contributed by atoms with Crippen molar-refractivity contribution in [1.82, 2.24) is 4.98 Å².